The van der Waals surface area contributed by atoms with E-state index in [1.165, 1.54) is 32.4 Å². The van der Waals surface area contributed by atoms with E-state index in [2.05, 4.69) is 0 Å². The molecule has 1 atom stereocenters. The summed E-state index contributed by atoms with van der Waals surface area (Å²) in [5.41, 5.74) is 1.01. The van der Waals surface area contributed by atoms with Crippen molar-refractivity contribution in [2.75, 3.05) is 13.7 Å². The molecule has 1 aromatic heterocycles. The number of fused-ring (bicyclic) bond motifs is 1. The number of carbonyl (C=O) groups is 1. The van der Waals surface area contributed by atoms with Crippen molar-refractivity contribution in [1.29, 1.82) is 0 Å². The van der Waals surface area contributed by atoms with Gasteiger partial charge in [-0.05, 0) is 36.6 Å². The number of benzene rings is 2. The number of carbonyl (C=O) groups excluding carboxylic acids is 1. The Kier molecular flexibility index (Phi) is 6.82. The van der Waals surface area contributed by atoms with E-state index in [0.717, 1.165) is 0 Å². The summed E-state index contributed by atoms with van der Waals surface area (Å²) in [5, 5.41) is 10.5. The number of ether oxygens (including phenoxy) is 1. The maximum Gasteiger partial charge on any atom is 0.200 e. The van der Waals surface area contributed by atoms with Crippen molar-refractivity contribution in [3.63, 3.8) is 0 Å². The van der Waals surface area contributed by atoms with Crippen LogP contribution in [0, 0.1) is 11.7 Å². The van der Waals surface area contributed by atoms with Gasteiger partial charge in [0, 0.05) is 34.7 Å². The van der Waals surface area contributed by atoms with Crippen LogP contribution in [0.15, 0.2) is 41.3 Å². The highest BCUT2D eigenvalue weighted by Crippen LogP contribution is 2.32. The van der Waals surface area contributed by atoms with Crippen LogP contribution in [0.2, 0.25) is 5.02 Å². The average Bonchev–Trinajstić information content (AvgIpc) is 2.72. The summed E-state index contributed by atoms with van der Waals surface area (Å²) in [5.74, 6) is -0.324. The lowest BCUT2D eigenvalue weighted by molar-refractivity contribution is 0.101. The van der Waals surface area contributed by atoms with Gasteiger partial charge in [-0.25, -0.2) is 4.39 Å². The molecule has 164 valence electrons. The van der Waals surface area contributed by atoms with Gasteiger partial charge in [0.2, 0.25) is 0 Å². The summed E-state index contributed by atoms with van der Waals surface area (Å²) < 4.78 is 21.7. The Bertz CT molecular complexity index is 1180. The first-order valence-electron chi connectivity index (χ1n) is 10.00. The molecule has 0 bridgehead atoms. The van der Waals surface area contributed by atoms with E-state index in [9.17, 15) is 19.1 Å². The fraction of sp³-hybridized carbons (Fsp3) is 0.333. The summed E-state index contributed by atoms with van der Waals surface area (Å²) in [6.07, 6.45) is 1.61. The van der Waals surface area contributed by atoms with Crippen LogP contribution < -0.4 is 10.2 Å². The number of hydrogen-bond acceptors (Lipinski definition) is 4. The molecule has 0 spiro atoms. The fourth-order valence-electron chi connectivity index (χ4n) is 3.79. The highest BCUT2D eigenvalue weighted by atomic mass is 35.5. The lowest BCUT2D eigenvalue weighted by atomic mass is 9.98. The van der Waals surface area contributed by atoms with Crippen LogP contribution in [0.25, 0.3) is 10.9 Å². The summed E-state index contributed by atoms with van der Waals surface area (Å²) in [6.45, 7) is 5.07. The van der Waals surface area contributed by atoms with Crippen molar-refractivity contribution in [2.24, 2.45) is 5.92 Å². The fourth-order valence-corrected chi connectivity index (χ4v) is 4.02. The number of nitrogens with zero attached hydrogens (tertiary/aromatic N) is 1. The van der Waals surface area contributed by atoms with Gasteiger partial charge in [0.15, 0.2) is 11.2 Å². The highest BCUT2D eigenvalue weighted by molar-refractivity contribution is 6.31. The van der Waals surface area contributed by atoms with Gasteiger partial charge >= 0.3 is 0 Å². The predicted octanol–water partition coefficient (Wildman–Crippen LogP) is 4.79. The molecule has 5 nitrogen and oxygen atoms in total. The number of methoxy groups -OCH3 is 1. The first-order valence-corrected chi connectivity index (χ1v) is 10.4. The van der Waals surface area contributed by atoms with E-state index in [4.69, 9.17) is 16.3 Å². The van der Waals surface area contributed by atoms with Gasteiger partial charge in [-0.3, -0.25) is 9.59 Å². The maximum atomic E-state index is 14.4. The standard InChI is InChI=1S/C24H25ClFNO4/c1-13(2)22(12-28)27-11-18(14(3)29)24(30)17-9-15(23(31-4)10-21(17)27)8-16-19(25)6-5-7-20(16)26/h5-7,9-11,13,22,28H,8,12H2,1-4H3/t22-/m1/s1. The largest absolute Gasteiger partial charge is 0.496 e. The van der Waals surface area contributed by atoms with E-state index in [-0.39, 0.29) is 41.4 Å². The van der Waals surface area contributed by atoms with Crippen LogP contribution in [0.1, 0.15) is 48.3 Å². The lowest BCUT2D eigenvalue weighted by Gasteiger charge is -2.25. The Hall–Kier alpha value is -2.70. The van der Waals surface area contributed by atoms with Crippen molar-refractivity contribution in [3.8, 4) is 5.75 Å². The number of aliphatic hydroxyl groups excluding tert-OH is 1. The molecule has 0 unspecified atom stereocenters. The van der Waals surface area contributed by atoms with Crippen molar-refractivity contribution in [2.45, 2.75) is 33.2 Å². The van der Waals surface area contributed by atoms with Crippen molar-refractivity contribution in [1.82, 2.24) is 4.57 Å². The minimum atomic E-state index is -0.454. The van der Waals surface area contributed by atoms with Crippen LogP contribution in [-0.2, 0) is 6.42 Å². The molecule has 0 aliphatic rings. The molecule has 0 amide bonds. The molecular weight excluding hydrogens is 421 g/mol. The SMILES string of the molecule is COc1cc2c(cc1Cc1c(F)cccc1Cl)c(=O)c(C(C)=O)cn2[C@H](CO)C(C)C. The molecule has 0 aliphatic carbocycles. The number of pyridine rings is 1. The van der Waals surface area contributed by atoms with Crippen LogP contribution in [-0.4, -0.2) is 29.2 Å². The third-order valence-electron chi connectivity index (χ3n) is 5.56. The topological polar surface area (TPSA) is 68.5 Å². The van der Waals surface area contributed by atoms with Gasteiger partial charge in [0.1, 0.15) is 11.6 Å². The van der Waals surface area contributed by atoms with Gasteiger partial charge in [-0.1, -0.05) is 31.5 Å². The van der Waals surface area contributed by atoms with Gasteiger partial charge in [-0.15, -0.1) is 0 Å². The van der Waals surface area contributed by atoms with Crippen molar-refractivity contribution < 1.29 is 19.0 Å². The van der Waals surface area contributed by atoms with Gasteiger partial charge < -0.3 is 14.4 Å². The molecular formula is C24H25ClFNO4. The van der Waals surface area contributed by atoms with E-state index in [1.807, 2.05) is 13.8 Å². The molecule has 1 heterocycles. The van der Waals surface area contributed by atoms with Crippen LogP contribution in [0.3, 0.4) is 0 Å². The molecule has 0 radical (unpaired) electrons. The van der Waals surface area contributed by atoms with Gasteiger partial charge in [-0.2, -0.15) is 0 Å². The minimum Gasteiger partial charge on any atom is -0.496 e. The van der Waals surface area contributed by atoms with Crippen molar-refractivity contribution in [3.05, 3.63) is 74.3 Å². The van der Waals surface area contributed by atoms with E-state index in [0.29, 0.717) is 27.8 Å². The molecule has 31 heavy (non-hydrogen) atoms. The molecule has 0 saturated heterocycles. The Morgan fingerprint density at radius 2 is 2.00 bits per heavy atom. The third kappa shape index (κ3) is 4.36. The van der Waals surface area contributed by atoms with E-state index >= 15 is 0 Å². The van der Waals surface area contributed by atoms with Crippen molar-refractivity contribution >= 4 is 28.3 Å². The molecule has 3 rings (SSSR count). The average molecular weight is 446 g/mol. The first kappa shape index (κ1) is 23.0. The quantitative estimate of drug-likeness (QED) is 0.531. The second-order valence-electron chi connectivity index (χ2n) is 7.89. The number of aromatic nitrogens is 1. The number of Topliss-reactive ketones (excluding diaryl/α,β-unsaturated/α-hetero) is 1. The molecule has 7 heteroatoms. The summed E-state index contributed by atoms with van der Waals surface area (Å²) in [7, 11) is 1.49. The zero-order valence-electron chi connectivity index (χ0n) is 17.9. The Morgan fingerprint density at radius 3 is 2.55 bits per heavy atom. The zero-order valence-corrected chi connectivity index (χ0v) is 18.7. The van der Waals surface area contributed by atoms with E-state index < -0.39 is 11.2 Å². The zero-order chi connectivity index (χ0) is 22.9. The molecule has 0 aliphatic heterocycles. The number of halogens is 2. The first-order chi connectivity index (χ1) is 14.7. The third-order valence-corrected chi connectivity index (χ3v) is 5.91. The number of hydrogen-bond donors (Lipinski definition) is 1. The number of aliphatic hydroxyl groups is 1. The predicted molar refractivity (Wildman–Crippen MR) is 120 cm³/mol. The van der Waals surface area contributed by atoms with Gasteiger partial charge in [0.25, 0.3) is 0 Å². The normalized spacial score (nSPS) is 12.4. The molecule has 0 fully saturated rings. The molecule has 1 N–H and O–H groups in total. The smallest absolute Gasteiger partial charge is 0.200 e. The highest BCUT2D eigenvalue weighted by Gasteiger charge is 2.22. The molecule has 2 aromatic carbocycles. The lowest BCUT2D eigenvalue weighted by Crippen LogP contribution is -2.25. The Labute approximate surface area is 185 Å². The monoisotopic (exact) mass is 445 g/mol. The number of ketones is 1. The maximum absolute atomic E-state index is 14.4. The van der Waals surface area contributed by atoms with Gasteiger partial charge in [0.05, 0.1) is 30.8 Å². The minimum absolute atomic E-state index is 0.0339. The summed E-state index contributed by atoms with van der Waals surface area (Å²) in [6, 6.07) is 7.41. The summed E-state index contributed by atoms with van der Waals surface area (Å²) >= 11 is 6.19. The molecule has 3 aromatic rings. The number of rotatable bonds is 7. The van der Waals surface area contributed by atoms with Crippen LogP contribution >= 0.6 is 11.6 Å². The van der Waals surface area contributed by atoms with E-state index in [1.54, 1.807) is 22.8 Å². The second-order valence-corrected chi connectivity index (χ2v) is 8.29. The second kappa shape index (κ2) is 9.20. The Balaban J connectivity index is 2.34. The molecule has 0 saturated carbocycles. The summed E-state index contributed by atoms with van der Waals surface area (Å²) in [4.78, 5) is 25.3. The van der Waals surface area contributed by atoms with Crippen LogP contribution in [0.5, 0.6) is 5.75 Å². The Morgan fingerprint density at radius 1 is 1.29 bits per heavy atom. The van der Waals surface area contributed by atoms with Crippen LogP contribution in [0.4, 0.5) is 4.39 Å².